The number of halogens is 1. The van der Waals surface area contributed by atoms with Crippen LogP contribution in [0.3, 0.4) is 0 Å². The highest BCUT2D eigenvalue weighted by Gasteiger charge is 2.23. The predicted molar refractivity (Wildman–Crippen MR) is 130 cm³/mol. The standard InChI is InChI=1S/C24H19ClN6OS/c25-17-5-7-18(8-6-17)30-24-26-11-20(33-24)16-3-9-19(10-4-16)32-23-21-22(27-13-28-23)31(14-29-21)12-15-1-2-15/h3-11,13-15H,1-2,12H2,(H,26,30). The van der Waals surface area contributed by atoms with Gasteiger partial charge in [0.2, 0.25) is 0 Å². The van der Waals surface area contributed by atoms with Crippen molar-refractivity contribution in [2.24, 2.45) is 5.92 Å². The van der Waals surface area contributed by atoms with E-state index in [0.717, 1.165) is 39.4 Å². The van der Waals surface area contributed by atoms with Gasteiger partial charge in [0.15, 0.2) is 16.3 Å². The van der Waals surface area contributed by atoms with Gasteiger partial charge in [0.25, 0.3) is 5.88 Å². The number of fused-ring (bicyclic) bond motifs is 1. The molecule has 5 aromatic rings. The summed E-state index contributed by atoms with van der Waals surface area (Å²) in [6.45, 7) is 0.950. The number of imidazole rings is 1. The zero-order valence-electron chi connectivity index (χ0n) is 17.5. The molecule has 33 heavy (non-hydrogen) atoms. The molecule has 1 aliphatic rings. The maximum Gasteiger partial charge on any atom is 0.250 e. The van der Waals surface area contributed by atoms with Gasteiger partial charge in [0.1, 0.15) is 12.1 Å². The number of nitrogens with zero attached hydrogens (tertiary/aromatic N) is 5. The monoisotopic (exact) mass is 474 g/mol. The second-order valence-electron chi connectivity index (χ2n) is 7.98. The summed E-state index contributed by atoms with van der Waals surface area (Å²) in [6, 6.07) is 15.4. The van der Waals surface area contributed by atoms with Crippen LogP contribution in [0.1, 0.15) is 12.8 Å². The summed E-state index contributed by atoms with van der Waals surface area (Å²) >= 11 is 7.53. The average molecular weight is 475 g/mol. The van der Waals surface area contributed by atoms with Crippen LogP contribution in [0.2, 0.25) is 5.02 Å². The Bertz CT molecular complexity index is 1410. The number of nitrogens with one attached hydrogen (secondary N) is 1. The van der Waals surface area contributed by atoms with Crippen LogP contribution in [0, 0.1) is 5.92 Å². The highest BCUT2D eigenvalue weighted by Crippen LogP contribution is 2.34. The Hall–Kier alpha value is -3.49. The lowest BCUT2D eigenvalue weighted by Crippen LogP contribution is -1.99. The van der Waals surface area contributed by atoms with Gasteiger partial charge >= 0.3 is 0 Å². The summed E-state index contributed by atoms with van der Waals surface area (Å²) < 4.78 is 8.14. The van der Waals surface area contributed by atoms with Crippen molar-refractivity contribution < 1.29 is 4.74 Å². The van der Waals surface area contributed by atoms with E-state index in [9.17, 15) is 0 Å². The Morgan fingerprint density at radius 2 is 1.82 bits per heavy atom. The number of hydrogen-bond acceptors (Lipinski definition) is 7. The van der Waals surface area contributed by atoms with E-state index in [1.54, 1.807) is 11.3 Å². The van der Waals surface area contributed by atoms with E-state index in [2.05, 4.69) is 29.8 Å². The van der Waals surface area contributed by atoms with Crippen molar-refractivity contribution in [3.05, 3.63) is 72.4 Å². The molecule has 0 radical (unpaired) electrons. The van der Waals surface area contributed by atoms with Gasteiger partial charge in [-0.15, -0.1) is 0 Å². The zero-order valence-corrected chi connectivity index (χ0v) is 19.1. The van der Waals surface area contributed by atoms with E-state index >= 15 is 0 Å². The van der Waals surface area contributed by atoms with Crippen LogP contribution in [-0.4, -0.2) is 24.5 Å². The van der Waals surface area contributed by atoms with Gasteiger partial charge < -0.3 is 14.6 Å². The van der Waals surface area contributed by atoms with E-state index < -0.39 is 0 Å². The van der Waals surface area contributed by atoms with Gasteiger partial charge in [0, 0.05) is 23.5 Å². The lowest BCUT2D eigenvalue weighted by atomic mass is 10.2. The minimum atomic E-state index is 0.467. The summed E-state index contributed by atoms with van der Waals surface area (Å²) in [5.41, 5.74) is 3.50. The molecule has 0 unspecified atom stereocenters. The number of aromatic nitrogens is 5. The second-order valence-corrected chi connectivity index (χ2v) is 9.45. The van der Waals surface area contributed by atoms with E-state index in [1.807, 2.05) is 61.1 Å². The lowest BCUT2D eigenvalue weighted by molar-refractivity contribution is 0.467. The van der Waals surface area contributed by atoms with E-state index in [4.69, 9.17) is 16.3 Å². The molecular weight excluding hydrogens is 456 g/mol. The highest BCUT2D eigenvalue weighted by atomic mass is 35.5. The van der Waals surface area contributed by atoms with Crippen LogP contribution in [0.4, 0.5) is 10.8 Å². The lowest BCUT2D eigenvalue weighted by Gasteiger charge is -2.06. The smallest absolute Gasteiger partial charge is 0.250 e. The molecule has 3 heterocycles. The summed E-state index contributed by atoms with van der Waals surface area (Å²) in [5.74, 6) is 1.90. The molecule has 1 fully saturated rings. The molecule has 1 aliphatic carbocycles. The van der Waals surface area contributed by atoms with E-state index in [-0.39, 0.29) is 0 Å². The summed E-state index contributed by atoms with van der Waals surface area (Å²) in [6.07, 6.45) is 7.77. The fourth-order valence-corrected chi connectivity index (χ4v) is 4.53. The van der Waals surface area contributed by atoms with Gasteiger partial charge in [-0.05, 0) is 72.9 Å². The van der Waals surface area contributed by atoms with Crippen LogP contribution in [0.5, 0.6) is 11.6 Å². The molecule has 1 N–H and O–H groups in total. The SMILES string of the molecule is Clc1ccc(Nc2ncc(-c3ccc(Oc4ncnc5c4ncn5CC4CC4)cc3)s2)cc1. The largest absolute Gasteiger partial charge is 0.437 e. The van der Waals surface area contributed by atoms with Gasteiger partial charge in [-0.1, -0.05) is 22.9 Å². The predicted octanol–water partition coefficient (Wildman–Crippen LogP) is 6.55. The van der Waals surface area contributed by atoms with Gasteiger partial charge in [0.05, 0.1) is 11.2 Å². The number of thiazole rings is 1. The first kappa shape index (κ1) is 20.1. The third-order valence-electron chi connectivity index (χ3n) is 5.47. The minimum absolute atomic E-state index is 0.467. The number of ether oxygens (including phenoxy) is 1. The first-order chi connectivity index (χ1) is 16.2. The van der Waals surface area contributed by atoms with Crippen molar-refractivity contribution in [3.63, 3.8) is 0 Å². The van der Waals surface area contributed by atoms with Crippen molar-refractivity contribution in [1.82, 2.24) is 24.5 Å². The Labute approximate surface area is 199 Å². The first-order valence-corrected chi connectivity index (χ1v) is 11.8. The van der Waals surface area contributed by atoms with Crippen LogP contribution >= 0.6 is 22.9 Å². The topological polar surface area (TPSA) is 77.8 Å². The van der Waals surface area contributed by atoms with E-state index in [1.165, 1.54) is 19.2 Å². The molecule has 0 saturated heterocycles. The molecule has 1 saturated carbocycles. The van der Waals surface area contributed by atoms with Crippen molar-refractivity contribution in [2.75, 3.05) is 5.32 Å². The summed E-state index contributed by atoms with van der Waals surface area (Å²) in [7, 11) is 0. The molecule has 7 nitrogen and oxygen atoms in total. The van der Waals surface area contributed by atoms with Crippen LogP contribution in [0.25, 0.3) is 21.6 Å². The van der Waals surface area contributed by atoms with Crippen molar-refractivity contribution in [1.29, 1.82) is 0 Å². The Morgan fingerprint density at radius 1 is 1.00 bits per heavy atom. The fraction of sp³-hybridized carbons (Fsp3) is 0.167. The summed E-state index contributed by atoms with van der Waals surface area (Å²) in [4.78, 5) is 18.7. The molecule has 6 rings (SSSR count). The third kappa shape index (κ3) is 4.40. The van der Waals surface area contributed by atoms with Crippen molar-refractivity contribution >= 4 is 44.9 Å². The molecule has 2 aromatic carbocycles. The molecular formula is C24H19ClN6OS. The maximum absolute atomic E-state index is 6.05. The van der Waals surface area contributed by atoms with Gasteiger partial charge in [-0.25, -0.2) is 15.0 Å². The Kier molecular flexibility index (Phi) is 5.16. The van der Waals surface area contributed by atoms with Crippen molar-refractivity contribution in [2.45, 2.75) is 19.4 Å². The van der Waals surface area contributed by atoms with Crippen molar-refractivity contribution in [3.8, 4) is 22.1 Å². The molecule has 3 aromatic heterocycles. The molecule has 0 bridgehead atoms. The normalized spacial score (nSPS) is 13.4. The number of rotatable bonds is 7. The van der Waals surface area contributed by atoms with Crippen LogP contribution in [0.15, 0.2) is 67.4 Å². The second kappa shape index (κ2) is 8.46. The van der Waals surface area contributed by atoms with Gasteiger partial charge in [-0.2, -0.15) is 4.98 Å². The average Bonchev–Trinajstić information content (AvgIpc) is 3.37. The maximum atomic E-state index is 6.05. The number of benzene rings is 2. The van der Waals surface area contributed by atoms with Gasteiger partial charge in [-0.3, -0.25) is 0 Å². The number of hydrogen-bond donors (Lipinski definition) is 1. The van der Waals surface area contributed by atoms with E-state index in [0.29, 0.717) is 22.2 Å². The highest BCUT2D eigenvalue weighted by molar-refractivity contribution is 7.18. The quantitative estimate of drug-likeness (QED) is 0.288. The molecule has 0 aliphatic heterocycles. The molecule has 0 spiro atoms. The fourth-order valence-electron chi connectivity index (χ4n) is 3.57. The van der Waals surface area contributed by atoms with Crippen LogP contribution < -0.4 is 10.1 Å². The van der Waals surface area contributed by atoms with Crippen LogP contribution in [-0.2, 0) is 6.54 Å². The zero-order chi connectivity index (χ0) is 22.2. The molecule has 9 heteroatoms. The molecule has 0 atom stereocenters. The Morgan fingerprint density at radius 3 is 2.61 bits per heavy atom. The molecule has 0 amide bonds. The number of anilines is 2. The Balaban J connectivity index is 1.17. The first-order valence-electron chi connectivity index (χ1n) is 10.6. The molecule has 164 valence electrons. The third-order valence-corrected chi connectivity index (χ3v) is 6.69. The minimum Gasteiger partial charge on any atom is -0.437 e. The summed E-state index contributed by atoms with van der Waals surface area (Å²) in [5, 5.41) is 4.82.